The summed E-state index contributed by atoms with van der Waals surface area (Å²) in [6.45, 7) is 1.68. The van der Waals surface area contributed by atoms with Crippen molar-refractivity contribution in [2.75, 3.05) is 0 Å². The molecule has 0 fully saturated rings. The maximum absolute atomic E-state index is 12.7. The Morgan fingerprint density at radius 2 is 1.92 bits per heavy atom. The molecule has 0 heterocycles. The Balaban J connectivity index is 3.06. The SMILES string of the molecule is C/C1=C/C(F)=C(F)\C(F)=C/CC1. The van der Waals surface area contributed by atoms with Crippen molar-refractivity contribution in [3.63, 3.8) is 0 Å². The maximum Gasteiger partial charge on any atom is 0.194 e. The van der Waals surface area contributed by atoms with Gasteiger partial charge in [-0.05, 0) is 31.9 Å². The molecule has 0 aromatic rings. The summed E-state index contributed by atoms with van der Waals surface area (Å²) >= 11 is 0. The van der Waals surface area contributed by atoms with E-state index in [1.807, 2.05) is 0 Å². The summed E-state index contributed by atoms with van der Waals surface area (Å²) in [6, 6.07) is 0. The molecule has 0 spiro atoms. The summed E-state index contributed by atoms with van der Waals surface area (Å²) in [4.78, 5) is 0. The lowest BCUT2D eigenvalue weighted by Crippen LogP contribution is -1.87. The highest BCUT2D eigenvalue weighted by atomic mass is 19.2. The first-order valence-electron chi connectivity index (χ1n) is 3.69. The van der Waals surface area contributed by atoms with E-state index in [1.54, 1.807) is 6.92 Å². The Kier molecular flexibility index (Phi) is 2.74. The van der Waals surface area contributed by atoms with Crippen LogP contribution in [0.1, 0.15) is 19.8 Å². The van der Waals surface area contributed by atoms with Crippen molar-refractivity contribution < 1.29 is 13.2 Å². The highest BCUT2D eigenvalue weighted by Crippen LogP contribution is 2.25. The Morgan fingerprint density at radius 3 is 2.58 bits per heavy atom. The number of hydrogen-bond acceptors (Lipinski definition) is 0. The second-order valence-corrected chi connectivity index (χ2v) is 2.74. The van der Waals surface area contributed by atoms with Crippen molar-refractivity contribution in [1.29, 1.82) is 0 Å². The zero-order valence-electron chi connectivity index (χ0n) is 6.70. The van der Waals surface area contributed by atoms with Gasteiger partial charge in [-0.1, -0.05) is 5.57 Å². The van der Waals surface area contributed by atoms with E-state index in [4.69, 9.17) is 0 Å². The smallest absolute Gasteiger partial charge is 0.194 e. The van der Waals surface area contributed by atoms with Crippen LogP contribution in [0.3, 0.4) is 0 Å². The molecule has 3 heteroatoms. The molecule has 0 amide bonds. The summed E-state index contributed by atoms with van der Waals surface area (Å²) < 4.78 is 37.8. The second-order valence-electron chi connectivity index (χ2n) is 2.74. The summed E-state index contributed by atoms with van der Waals surface area (Å²) in [5, 5.41) is 0. The molecule has 1 rings (SSSR count). The molecule has 1 aliphatic carbocycles. The fourth-order valence-corrected chi connectivity index (χ4v) is 0.982. The van der Waals surface area contributed by atoms with Crippen LogP contribution in [0.2, 0.25) is 0 Å². The van der Waals surface area contributed by atoms with Crippen molar-refractivity contribution in [2.24, 2.45) is 0 Å². The van der Waals surface area contributed by atoms with Crippen LogP contribution in [-0.2, 0) is 0 Å². The van der Waals surface area contributed by atoms with Crippen LogP contribution in [0, 0.1) is 0 Å². The number of rotatable bonds is 0. The Morgan fingerprint density at radius 1 is 1.25 bits per heavy atom. The predicted molar refractivity (Wildman–Crippen MR) is 41.4 cm³/mol. The lowest BCUT2D eigenvalue weighted by Gasteiger charge is -2.02. The van der Waals surface area contributed by atoms with Crippen molar-refractivity contribution >= 4 is 0 Å². The quantitative estimate of drug-likeness (QED) is 0.524. The molecule has 0 saturated carbocycles. The van der Waals surface area contributed by atoms with Crippen LogP contribution in [0.5, 0.6) is 0 Å². The summed E-state index contributed by atoms with van der Waals surface area (Å²) in [7, 11) is 0. The van der Waals surface area contributed by atoms with E-state index in [0.29, 0.717) is 18.4 Å². The number of halogens is 3. The van der Waals surface area contributed by atoms with Crippen molar-refractivity contribution in [1.82, 2.24) is 0 Å². The molecule has 0 unspecified atom stereocenters. The van der Waals surface area contributed by atoms with E-state index in [1.165, 1.54) is 0 Å². The summed E-state index contributed by atoms with van der Waals surface area (Å²) in [6.07, 6.45) is 3.07. The van der Waals surface area contributed by atoms with Gasteiger partial charge in [-0.2, -0.15) is 0 Å². The molecule has 0 aromatic heterocycles. The van der Waals surface area contributed by atoms with E-state index >= 15 is 0 Å². The molecular weight excluding hydrogens is 165 g/mol. The molecule has 12 heavy (non-hydrogen) atoms. The molecule has 66 valence electrons. The Bertz CT molecular complexity index is 271. The standard InChI is InChI=1S/C9H9F3/c1-6-3-2-4-7(10)9(12)8(11)5-6/h4-5H,2-3H2,1H3/b6-5-,7-4+,9-8-. The van der Waals surface area contributed by atoms with Crippen LogP contribution in [0.15, 0.2) is 35.2 Å². The van der Waals surface area contributed by atoms with Gasteiger partial charge in [-0.15, -0.1) is 0 Å². The predicted octanol–water partition coefficient (Wildman–Crippen LogP) is 3.73. The third-order valence-electron chi connectivity index (χ3n) is 1.65. The van der Waals surface area contributed by atoms with Gasteiger partial charge in [-0.25, -0.2) is 13.2 Å². The molecule has 1 aliphatic rings. The highest BCUT2D eigenvalue weighted by Gasteiger charge is 2.11. The van der Waals surface area contributed by atoms with E-state index in [-0.39, 0.29) is 0 Å². The van der Waals surface area contributed by atoms with Gasteiger partial charge in [0, 0.05) is 0 Å². The minimum absolute atomic E-state index is 0.412. The fraction of sp³-hybridized carbons (Fsp3) is 0.333. The van der Waals surface area contributed by atoms with Crippen LogP contribution in [-0.4, -0.2) is 0 Å². The topological polar surface area (TPSA) is 0 Å². The van der Waals surface area contributed by atoms with Gasteiger partial charge < -0.3 is 0 Å². The van der Waals surface area contributed by atoms with Gasteiger partial charge in [-0.3, -0.25) is 0 Å². The second kappa shape index (κ2) is 3.61. The molecule has 0 atom stereocenters. The molecule has 0 aromatic carbocycles. The Hall–Kier alpha value is -0.990. The van der Waals surface area contributed by atoms with Gasteiger partial charge >= 0.3 is 0 Å². The molecule has 0 saturated heterocycles. The van der Waals surface area contributed by atoms with Gasteiger partial charge in [0.25, 0.3) is 0 Å². The average Bonchev–Trinajstić information content (AvgIpc) is 2.01. The molecular formula is C9H9F3. The van der Waals surface area contributed by atoms with E-state index in [0.717, 1.165) is 12.2 Å². The minimum Gasteiger partial charge on any atom is -0.204 e. The number of hydrogen-bond donors (Lipinski definition) is 0. The largest absolute Gasteiger partial charge is 0.204 e. The molecule has 0 nitrogen and oxygen atoms in total. The summed E-state index contributed by atoms with van der Waals surface area (Å²) in [5.41, 5.74) is 0.714. The Labute approximate surface area is 69.1 Å². The van der Waals surface area contributed by atoms with Crippen molar-refractivity contribution in [3.05, 3.63) is 35.2 Å². The fourth-order valence-electron chi connectivity index (χ4n) is 0.982. The third-order valence-corrected chi connectivity index (χ3v) is 1.65. The molecule has 0 aliphatic heterocycles. The van der Waals surface area contributed by atoms with Crippen LogP contribution in [0.25, 0.3) is 0 Å². The highest BCUT2D eigenvalue weighted by molar-refractivity contribution is 5.31. The molecule has 0 N–H and O–H groups in total. The first-order valence-corrected chi connectivity index (χ1v) is 3.69. The minimum atomic E-state index is -1.39. The van der Waals surface area contributed by atoms with E-state index in [9.17, 15) is 13.2 Å². The zero-order valence-corrected chi connectivity index (χ0v) is 6.70. The molecule has 0 bridgehead atoms. The number of allylic oxidation sites excluding steroid dienone is 6. The van der Waals surface area contributed by atoms with Crippen LogP contribution in [0.4, 0.5) is 13.2 Å². The van der Waals surface area contributed by atoms with Crippen molar-refractivity contribution in [2.45, 2.75) is 19.8 Å². The lowest BCUT2D eigenvalue weighted by molar-refractivity contribution is 0.498. The zero-order chi connectivity index (χ0) is 9.14. The van der Waals surface area contributed by atoms with Crippen LogP contribution >= 0.6 is 0 Å². The van der Waals surface area contributed by atoms with Gasteiger partial charge in [0.15, 0.2) is 17.5 Å². The average molecular weight is 174 g/mol. The van der Waals surface area contributed by atoms with E-state index in [2.05, 4.69) is 0 Å². The lowest BCUT2D eigenvalue weighted by atomic mass is 10.1. The van der Waals surface area contributed by atoms with Gasteiger partial charge in [0.2, 0.25) is 0 Å². The third kappa shape index (κ3) is 2.00. The molecule has 0 radical (unpaired) electrons. The monoisotopic (exact) mass is 174 g/mol. The van der Waals surface area contributed by atoms with Crippen LogP contribution < -0.4 is 0 Å². The summed E-state index contributed by atoms with van der Waals surface area (Å²) in [5.74, 6) is -3.62. The van der Waals surface area contributed by atoms with E-state index < -0.39 is 17.5 Å². The first kappa shape index (κ1) is 9.10. The first-order chi connectivity index (χ1) is 5.61. The van der Waals surface area contributed by atoms with Gasteiger partial charge in [0.05, 0.1) is 0 Å². The van der Waals surface area contributed by atoms with Gasteiger partial charge in [0.1, 0.15) is 0 Å². The van der Waals surface area contributed by atoms with Crippen molar-refractivity contribution in [3.8, 4) is 0 Å². The maximum atomic E-state index is 12.7. The normalized spacial score (nSPS) is 34.3.